The molecule has 0 radical (unpaired) electrons. The van der Waals surface area contributed by atoms with Crippen LogP contribution < -0.4 is 0 Å². The molecule has 1 aromatic rings. The van der Waals surface area contributed by atoms with Gasteiger partial charge in [-0.2, -0.15) is 0 Å². The van der Waals surface area contributed by atoms with E-state index in [1.165, 1.54) is 0 Å². The van der Waals surface area contributed by atoms with Crippen molar-refractivity contribution in [3.63, 3.8) is 0 Å². The lowest BCUT2D eigenvalue weighted by Crippen LogP contribution is -2.15. The van der Waals surface area contributed by atoms with E-state index < -0.39 is 0 Å². The van der Waals surface area contributed by atoms with Gasteiger partial charge < -0.3 is 9.67 Å². The average Bonchev–Trinajstić information content (AvgIpc) is 2.51. The number of imidazole rings is 1. The molecule has 0 aliphatic heterocycles. The van der Waals surface area contributed by atoms with Crippen LogP contribution in [0.4, 0.5) is 0 Å². The van der Waals surface area contributed by atoms with Gasteiger partial charge in [-0.15, -0.1) is 11.6 Å². The first-order valence-corrected chi connectivity index (χ1v) is 4.55. The predicted octanol–water partition coefficient (Wildman–Crippen LogP) is 1.39. The minimum absolute atomic E-state index is 0.304. The first-order chi connectivity index (χ1) is 5.77. The Bertz CT molecular complexity index is 237. The van der Waals surface area contributed by atoms with Gasteiger partial charge >= 0.3 is 0 Å². The van der Waals surface area contributed by atoms with Gasteiger partial charge in [0.05, 0.1) is 12.0 Å². The summed E-state index contributed by atoms with van der Waals surface area (Å²) in [4.78, 5) is 4.04. The summed E-state index contributed by atoms with van der Waals surface area (Å²) >= 11 is 5.64. The highest BCUT2D eigenvalue weighted by Gasteiger charge is 2.05. The number of aliphatic hydroxyl groups is 1. The maximum atomic E-state index is 9.36. The van der Waals surface area contributed by atoms with Crippen LogP contribution in [0.1, 0.15) is 19.2 Å². The molecule has 4 heteroatoms. The first-order valence-electron chi connectivity index (χ1n) is 4.02. The van der Waals surface area contributed by atoms with Crippen molar-refractivity contribution in [2.75, 3.05) is 0 Å². The average molecular weight is 189 g/mol. The molecule has 68 valence electrons. The zero-order valence-corrected chi connectivity index (χ0v) is 7.83. The van der Waals surface area contributed by atoms with Crippen molar-refractivity contribution < 1.29 is 5.11 Å². The molecular formula is C8H13ClN2O. The fourth-order valence-corrected chi connectivity index (χ4v) is 1.22. The maximum Gasteiger partial charge on any atom is 0.123 e. The molecule has 0 saturated heterocycles. The fourth-order valence-electron chi connectivity index (χ4n) is 0.994. The van der Waals surface area contributed by atoms with Crippen molar-refractivity contribution in [3.05, 3.63) is 18.2 Å². The zero-order chi connectivity index (χ0) is 8.97. The molecule has 0 amide bonds. The summed E-state index contributed by atoms with van der Waals surface area (Å²) in [5.74, 6) is 1.20. The minimum Gasteiger partial charge on any atom is -0.391 e. The number of rotatable bonds is 4. The van der Waals surface area contributed by atoms with E-state index in [0.29, 0.717) is 12.4 Å². The van der Waals surface area contributed by atoms with Crippen LogP contribution in [0.15, 0.2) is 12.4 Å². The van der Waals surface area contributed by atoms with Crippen LogP contribution >= 0.6 is 11.6 Å². The third-order valence-corrected chi connectivity index (χ3v) is 2.04. The quantitative estimate of drug-likeness (QED) is 0.726. The molecule has 0 bridgehead atoms. The standard InChI is InChI=1S/C8H13ClN2O/c1-2-7(12)6-11-4-3-10-8(11)5-9/h3-4,7,12H,2,5-6H2,1H3/t7-/m0/s1. The number of hydrogen-bond donors (Lipinski definition) is 1. The van der Waals surface area contributed by atoms with E-state index in [4.69, 9.17) is 11.6 Å². The summed E-state index contributed by atoms with van der Waals surface area (Å²) in [6.07, 6.45) is 3.97. The fraction of sp³-hybridized carbons (Fsp3) is 0.625. The summed E-state index contributed by atoms with van der Waals surface area (Å²) in [6.45, 7) is 2.53. The number of hydrogen-bond acceptors (Lipinski definition) is 2. The van der Waals surface area contributed by atoms with E-state index in [9.17, 15) is 5.11 Å². The van der Waals surface area contributed by atoms with E-state index in [0.717, 1.165) is 12.2 Å². The predicted molar refractivity (Wildman–Crippen MR) is 48.1 cm³/mol. The highest BCUT2D eigenvalue weighted by atomic mass is 35.5. The Kier molecular flexibility index (Phi) is 3.56. The highest BCUT2D eigenvalue weighted by Crippen LogP contribution is 2.04. The molecule has 1 heterocycles. The van der Waals surface area contributed by atoms with Crippen LogP contribution in [-0.2, 0) is 12.4 Å². The summed E-state index contributed by atoms with van der Waals surface area (Å²) < 4.78 is 1.88. The molecular weight excluding hydrogens is 176 g/mol. The second-order valence-electron chi connectivity index (χ2n) is 2.69. The largest absolute Gasteiger partial charge is 0.391 e. The van der Waals surface area contributed by atoms with Crippen LogP contribution in [0.2, 0.25) is 0 Å². The molecule has 0 aliphatic carbocycles. The van der Waals surface area contributed by atoms with Crippen molar-refractivity contribution >= 4 is 11.6 Å². The van der Waals surface area contributed by atoms with Crippen molar-refractivity contribution in [1.29, 1.82) is 0 Å². The van der Waals surface area contributed by atoms with Crippen LogP contribution in [0, 0.1) is 0 Å². The molecule has 1 N–H and O–H groups in total. The van der Waals surface area contributed by atoms with Crippen molar-refractivity contribution in [1.82, 2.24) is 9.55 Å². The van der Waals surface area contributed by atoms with Crippen molar-refractivity contribution in [3.8, 4) is 0 Å². The SMILES string of the molecule is CC[C@H](O)Cn1ccnc1CCl. The van der Waals surface area contributed by atoms with Gasteiger partial charge in [0.1, 0.15) is 5.82 Å². The Balaban J connectivity index is 2.61. The van der Waals surface area contributed by atoms with Crippen LogP contribution in [0.25, 0.3) is 0 Å². The zero-order valence-electron chi connectivity index (χ0n) is 7.07. The Morgan fingerprint density at radius 2 is 2.50 bits per heavy atom. The number of alkyl halides is 1. The molecule has 3 nitrogen and oxygen atoms in total. The Labute approximate surface area is 77.0 Å². The van der Waals surface area contributed by atoms with Gasteiger partial charge in [-0.05, 0) is 6.42 Å². The van der Waals surface area contributed by atoms with E-state index in [-0.39, 0.29) is 6.10 Å². The lowest BCUT2D eigenvalue weighted by atomic mass is 10.3. The van der Waals surface area contributed by atoms with Gasteiger partial charge in [0, 0.05) is 18.9 Å². The maximum absolute atomic E-state index is 9.36. The number of nitrogens with zero attached hydrogens (tertiary/aromatic N) is 2. The van der Waals surface area contributed by atoms with Gasteiger partial charge in [0.25, 0.3) is 0 Å². The molecule has 1 aromatic heterocycles. The second kappa shape index (κ2) is 4.48. The molecule has 12 heavy (non-hydrogen) atoms. The Morgan fingerprint density at radius 1 is 1.75 bits per heavy atom. The topological polar surface area (TPSA) is 38.0 Å². The second-order valence-corrected chi connectivity index (χ2v) is 2.96. The molecule has 0 saturated carbocycles. The summed E-state index contributed by atoms with van der Waals surface area (Å²) in [7, 11) is 0. The number of halogens is 1. The van der Waals surface area contributed by atoms with Gasteiger partial charge in [0.2, 0.25) is 0 Å². The molecule has 0 spiro atoms. The highest BCUT2D eigenvalue weighted by molar-refractivity contribution is 6.16. The van der Waals surface area contributed by atoms with E-state index in [1.54, 1.807) is 6.20 Å². The molecule has 0 unspecified atom stereocenters. The molecule has 0 aliphatic rings. The van der Waals surface area contributed by atoms with Gasteiger partial charge in [0.15, 0.2) is 0 Å². The van der Waals surface area contributed by atoms with E-state index in [2.05, 4.69) is 4.98 Å². The normalized spacial score (nSPS) is 13.2. The van der Waals surface area contributed by atoms with Crippen LogP contribution in [-0.4, -0.2) is 20.8 Å². The van der Waals surface area contributed by atoms with Gasteiger partial charge in [-0.3, -0.25) is 0 Å². The smallest absolute Gasteiger partial charge is 0.123 e. The third kappa shape index (κ3) is 2.22. The van der Waals surface area contributed by atoms with Crippen molar-refractivity contribution in [2.24, 2.45) is 0 Å². The van der Waals surface area contributed by atoms with E-state index >= 15 is 0 Å². The Hall–Kier alpha value is -0.540. The lowest BCUT2D eigenvalue weighted by molar-refractivity contribution is 0.149. The molecule has 0 fully saturated rings. The molecule has 1 rings (SSSR count). The first kappa shape index (κ1) is 9.55. The van der Waals surface area contributed by atoms with Crippen LogP contribution in [0.5, 0.6) is 0 Å². The van der Waals surface area contributed by atoms with Crippen LogP contribution in [0.3, 0.4) is 0 Å². The monoisotopic (exact) mass is 188 g/mol. The number of aromatic nitrogens is 2. The third-order valence-electron chi connectivity index (χ3n) is 1.80. The Morgan fingerprint density at radius 3 is 3.08 bits per heavy atom. The summed E-state index contributed by atoms with van der Waals surface area (Å²) in [5.41, 5.74) is 0. The van der Waals surface area contributed by atoms with Gasteiger partial charge in [-0.25, -0.2) is 4.98 Å². The molecule has 1 atom stereocenters. The number of aliphatic hydroxyl groups excluding tert-OH is 1. The minimum atomic E-state index is -0.304. The summed E-state index contributed by atoms with van der Waals surface area (Å²) in [5, 5.41) is 9.36. The van der Waals surface area contributed by atoms with E-state index in [1.807, 2.05) is 17.7 Å². The molecule has 0 aromatic carbocycles. The van der Waals surface area contributed by atoms with Gasteiger partial charge in [-0.1, -0.05) is 6.92 Å². The lowest BCUT2D eigenvalue weighted by Gasteiger charge is -2.10. The van der Waals surface area contributed by atoms with Crippen molar-refractivity contribution in [2.45, 2.75) is 31.9 Å². The summed E-state index contributed by atoms with van der Waals surface area (Å²) in [6, 6.07) is 0.